The molecule has 3 rings (SSSR count). The van der Waals surface area contributed by atoms with Gasteiger partial charge in [0, 0.05) is 50.8 Å². The summed E-state index contributed by atoms with van der Waals surface area (Å²) in [5.74, 6) is 0. The molecular weight excluding hydrogens is 324 g/mol. The van der Waals surface area contributed by atoms with E-state index in [4.69, 9.17) is 0 Å². The van der Waals surface area contributed by atoms with Gasteiger partial charge in [0.25, 0.3) is 0 Å². The number of amides is 2. The summed E-state index contributed by atoms with van der Waals surface area (Å²) in [5, 5.41) is 3.02. The molecular formula is C21H28N4O. The number of hydrogen-bond donors (Lipinski definition) is 1. The normalized spacial score (nSPS) is 15.0. The number of carbonyl (C=O) groups excluding carboxylic acids is 1. The van der Waals surface area contributed by atoms with E-state index in [0.717, 1.165) is 44.8 Å². The van der Waals surface area contributed by atoms with Gasteiger partial charge in [-0.15, -0.1) is 0 Å². The smallest absolute Gasteiger partial charge is 0.321 e. The zero-order valence-corrected chi connectivity index (χ0v) is 15.5. The van der Waals surface area contributed by atoms with Crippen LogP contribution in [0.2, 0.25) is 0 Å². The zero-order valence-electron chi connectivity index (χ0n) is 15.5. The van der Waals surface area contributed by atoms with Crippen molar-refractivity contribution in [3.63, 3.8) is 0 Å². The van der Waals surface area contributed by atoms with Crippen LogP contribution in [0.4, 0.5) is 10.5 Å². The van der Waals surface area contributed by atoms with E-state index in [-0.39, 0.29) is 6.03 Å². The summed E-state index contributed by atoms with van der Waals surface area (Å²) in [5.41, 5.74) is 3.46. The van der Waals surface area contributed by atoms with Crippen LogP contribution in [-0.4, -0.2) is 47.0 Å². The number of nitrogens with zero attached hydrogens (tertiary/aromatic N) is 3. The van der Waals surface area contributed by atoms with Crippen LogP contribution < -0.4 is 5.32 Å². The van der Waals surface area contributed by atoms with Crippen molar-refractivity contribution >= 4 is 11.7 Å². The quantitative estimate of drug-likeness (QED) is 0.861. The first-order valence-corrected chi connectivity index (χ1v) is 9.50. The first-order chi connectivity index (χ1) is 12.7. The molecule has 1 aliphatic rings. The van der Waals surface area contributed by atoms with Crippen molar-refractivity contribution < 1.29 is 4.79 Å². The van der Waals surface area contributed by atoms with E-state index in [9.17, 15) is 4.79 Å². The Hall–Kier alpha value is -2.40. The number of urea groups is 1. The summed E-state index contributed by atoms with van der Waals surface area (Å²) in [6.45, 7) is 6.41. The molecule has 1 aliphatic heterocycles. The molecule has 0 radical (unpaired) electrons. The maximum Gasteiger partial charge on any atom is 0.321 e. The van der Waals surface area contributed by atoms with Crippen LogP contribution in [0.1, 0.15) is 30.9 Å². The Labute approximate surface area is 156 Å². The molecule has 1 saturated heterocycles. The number of hydrogen-bond acceptors (Lipinski definition) is 3. The van der Waals surface area contributed by atoms with Gasteiger partial charge in [-0.3, -0.25) is 9.88 Å². The molecule has 0 spiro atoms. The highest BCUT2D eigenvalue weighted by Crippen LogP contribution is 2.14. The van der Waals surface area contributed by atoms with Crippen molar-refractivity contribution in [2.45, 2.75) is 32.7 Å². The topological polar surface area (TPSA) is 48.5 Å². The van der Waals surface area contributed by atoms with Crippen LogP contribution in [0.3, 0.4) is 0 Å². The van der Waals surface area contributed by atoms with E-state index in [1.165, 1.54) is 24.0 Å². The number of aromatic nitrogens is 1. The van der Waals surface area contributed by atoms with Gasteiger partial charge in [-0.1, -0.05) is 25.5 Å². The van der Waals surface area contributed by atoms with Gasteiger partial charge in [0.1, 0.15) is 0 Å². The van der Waals surface area contributed by atoms with Gasteiger partial charge in [0.2, 0.25) is 0 Å². The summed E-state index contributed by atoms with van der Waals surface area (Å²) < 4.78 is 0. The lowest BCUT2D eigenvalue weighted by Crippen LogP contribution is -2.49. The number of carbonyl (C=O) groups is 1. The van der Waals surface area contributed by atoms with Crippen LogP contribution in [0, 0.1) is 0 Å². The molecule has 2 heterocycles. The second-order valence-electron chi connectivity index (χ2n) is 6.85. The summed E-state index contributed by atoms with van der Waals surface area (Å²) in [6.07, 6.45) is 7.16. The van der Waals surface area contributed by atoms with E-state index in [2.05, 4.69) is 34.3 Å². The molecule has 0 unspecified atom stereocenters. The van der Waals surface area contributed by atoms with Crippen molar-refractivity contribution in [1.82, 2.24) is 14.8 Å². The maximum absolute atomic E-state index is 12.5. The minimum absolute atomic E-state index is 0.00475. The lowest BCUT2D eigenvalue weighted by atomic mass is 10.1. The van der Waals surface area contributed by atoms with Crippen molar-refractivity contribution in [2.75, 3.05) is 31.5 Å². The molecule has 1 N–H and O–H groups in total. The number of rotatable bonds is 6. The number of pyridine rings is 1. The average molecular weight is 352 g/mol. The van der Waals surface area contributed by atoms with Gasteiger partial charge < -0.3 is 10.2 Å². The van der Waals surface area contributed by atoms with Crippen LogP contribution in [0.5, 0.6) is 0 Å². The van der Waals surface area contributed by atoms with E-state index in [1.54, 1.807) is 0 Å². The predicted molar refractivity (Wildman–Crippen MR) is 105 cm³/mol. The Morgan fingerprint density at radius 2 is 1.69 bits per heavy atom. The molecule has 1 aromatic heterocycles. The highest BCUT2D eigenvalue weighted by molar-refractivity contribution is 5.89. The van der Waals surface area contributed by atoms with E-state index in [0.29, 0.717) is 0 Å². The summed E-state index contributed by atoms with van der Waals surface area (Å²) in [6, 6.07) is 12.3. The highest BCUT2D eigenvalue weighted by atomic mass is 16.2. The van der Waals surface area contributed by atoms with Crippen molar-refractivity contribution in [3.8, 4) is 0 Å². The van der Waals surface area contributed by atoms with Gasteiger partial charge in [-0.25, -0.2) is 4.79 Å². The molecule has 0 bridgehead atoms. The molecule has 0 saturated carbocycles. The second-order valence-corrected chi connectivity index (χ2v) is 6.85. The SMILES string of the molecule is CCCCc1ccc(NC(=O)N2CCN(Cc3ccncc3)CC2)cc1. The molecule has 138 valence electrons. The lowest BCUT2D eigenvalue weighted by Gasteiger charge is -2.34. The monoisotopic (exact) mass is 352 g/mol. The van der Waals surface area contributed by atoms with Gasteiger partial charge in [0.05, 0.1) is 0 Å². The van der Waals surface area contributed by atoms with Gasteiger partial charge in [-0.2, -0.15) is 0 Å². The van der Waals surface area contributed by atoms with Crippen molar-refractivity contribution in [2.24, 2.45) is 0 Å². The molecule has 0 aliphatic carbocycles. The fraction of sp³-hybridized carbons (Fsp3) is 0.429. The van der Waals surface area contributed by atoms with Gasteiger partial charge in [0.15, 0.2) is 0 Å². The standard InChI is InChI=1S/C21H28N4O/c1-2-3-4-18-5-7-20(8-6-18)23-21(26)25-15-13-24(14-16-25)17-19-9-11-22-12-10-19/h5-12H,2-4,13-17H2,1H3,(H,23,26). The molecule has 1 fully saturated rings. The van der Waals surface area contributed by atoms with Crippen molar-refractivity contribution in [1.29, 1.82) is 0 Å². The highest BCUT2D eigenvalue weighted by Gasteiger charge is 2.21. The maximum atomic E-state index is 12.5. The van der Waals surface area contributed by atoms with Gasteiger partial charge >= 0.3 is 6.03 Å². The summed E-state index contributed by atoms with van der Waals surface area (Å²) in [7, 11) is 0. The van der Waals surface area contributed by atoms with Crippen molar-refractivity contribution in [3.05, 3.63) is 59.9 Å². The number of benzene rings is 1. The van der Waals surface area contributed by atoms with E-state index in [1.807, 2.05) is 41.6 Å². The zero-order chi connectivity index (χ0) is 18.2. The third-order valence-electron chi connectivity index (χ3n) is 4.84. The molecule has 2 aromatic rings. The molecule has 26 heavy (non-hydrogen) atoms. The second kappa shape index (κ2) is 9.34. The largest absolute Gasteiger partial charge is 0.322 e. The average Bonchev–Trinajstić information content (AvgIpc) is 2.69. The number of aryl methyl sites for hydroxylation is 1. The Morgan fingerprint density at radius 3 is 2.35 bits per heavy atom. The predicted octanol–water partition coefficient (Wildman–Crippen LogP) is 3.77. The van der Waals surface area contributed by atoms with Crippen LogP contribution >= 0.6 is 0 Å². The summed E-state index contributed by atoms with van der Waals surface area (Å²) >= 11 is 0. The lowest BCUT2D eigenvalue weighted by molar-refractivity contribution is 0.143. The minimum Gasteiger partial charge on any atom is -0.322 e. The Balaban J connectivity index is 1.44. The minimum atomic E-state index is -0.00475. The molecule has 5 nitrogen and oxygen atoms in total. The molecule has 5 heteroatoms. The Kier molecular flexibility index (Phi) is 6.61. The van der Waals surface area contributed by atoms with E-state index < -0.39 is 0 Å². The third-order valence-corrected chi connectivity index (χ3v) is 4.84. The Bertz CT molecular complexity index is 679. The van der Waals surface area contributed by atoms with Gasteiger partial charge in [-0.05, 0) is 48.2 Å². The van der Waals surface area contributed by atoms with E-state index >= 15 is 0 Å². The first kappa shape index (κ1) is 18.4. The van der Waals surface area contributed by atoms with Crippen LogP contribution in [0.25, 0.3) is 0 Å². The fourth-order valence-electron chi connectivity index (χ4n) is 3.19. The summed E-state index contributed by atoms with van der Waals surface area (Å²) in [4.78, 5) is 20.8. The first-order valence-electron chi connectivity index (χ1n) is 9.50. The molecule has 1 aromatic carbocycles. The number of piperazine rings is 1. The number of unbranched alkanes of at least 4 members (excludes halogenated alkanes) is 1. The molecule has 2 amide bonds. The fourth-order valence-corrected chi connectivity index (χ4v) is 3.19. The number of nitrogens with one attached hydrogen (secondary N) is 1. The van der Waals surface area contributed by atoms with Crippen LogP contribution in [-0.2, 0) is 13.0 Å². The third kappa shape index (κ3) is 5.30. The Morgan fingerprint density at radius 1 is 1.00 bits per heavy atom. The number of anilines is 1. The molecule has 0 atom stereocenters. The van der Waals surface area contributed by atoms with Crippen LogP contribution in [0.15, 0.2) is 48.8 Å².